The number of carbonyl (C=O) groups excluding carboxylic acids is 1. The molecule has 98 valence electrons. The molecule has 0 aliphatic rings. The van der Waals surface area contributed by atoms with E-state index in [-0.39, 0.29) is 28.1 Å². The van der Waals surface area contributed by atoms with E-state index in [0.29, 0.717) is 0 Å². The second-order valence-corrected chi connectivity index (χ2v) is 4.15. The fraction of sp³-hybridized carbons (Fsp3) is 0.364. The maximum Gasteiger partial charge on any atom is 0.342 e. The Bertz CT molecular complexity index is 487. The Labute approximate surface area is 109 Å². The highest BCUT2D eigenvalue weighted by Gasteiger charge is 2.25. The van der Waals surface area contributed by atoms with Crippen molar-refractivity contribution in [1.82, 2.24) is 0 Å². The summed E-state index contributed by atoms with van der Waals surface area (Å²) in [6.07, 6.45) is -0.347. The molecule has 0 saturated heterocycles. The molecule has 1 rings (SSSR count). The number of nitro groups is 1. The van der Waals surface area contributed by atoms with E-state index in [2.05, 4.69) is 0 Å². The number of hydrogen-bond acceptors (Lipinski definition) is 5. The fourth-order valence-electron chi connectivity index (χ4n) is 1.36. The Kier molecular flexibility index (Phi) is 4.49. The monoisotopic (exact) mass is 273 g/mol. The summed E-state index contributed by atoms with van der Waals surface area (Å²) in [7, 11) is 1.24. The molecule has 0 aliphatic heterocycles. The zero-order valence-electron chi connectivity index (χ0n) is 10.1. The third-order valence-electron chi connectivity index (χ3n) is 2.00. The minimum absolute atomic E-state index is 0.0644. The second-order valence-electron chi connectivity index (χ2n) is 3.72. The second kappa shape index (κ2) is 5.68. The van der Waals surface area contributed by atoms with Gasteiger partial charge in [-0.05, 0) is 19.9 Å². The van der Waals surface area contributed by atoms with E-state index in [1.165, 1.54) is 13.2 Å². The fourth-order valence-corrected chi connectivity index (χ4v) is 1.57. The lowest BCUT2D eigenvalue weighted by atomic mass is 10.1. The van der Waals surface area contributed by atoms with Gasteiger partial charge in [0, 0.05) is 11.1 Å². The molecule has 7 heteroatoms. The highest BCUT2D eigenvalue weighted by molar-refractivity contribution is 6.31. The minimum atomic E-state index is -0.715. The number of carbonyl (C=O) groups is 1. The lowest BCUT2D eigenvalue weighted by Crippen LogP contribution is -2.13. The minimum Gasteiger partial charge on any atom is -0.490 e. The molecular weight excluding hydrogens is 262 g/mol. The zero-order valence-corrected chi connectivity index (χ0v) is 10.9. The van der Waals surface area contributed by atoms with Crippen LogP contribution >= 0.6 is 11.6 Å². The van der Waals surface area contributed by atoms with Gasteiger partial charge in [0.25, 0.3) is 0 Å². The van der Waals surface area contributed by atoms with Crippen molar-refractivity contribution in [3.8, 4) is 5.75 Å². The maximum absolute atomic E-state index is 11.8. The molecular formula is C11H12ClNO5. The Morgan fingerprint density at radius 2 is 2.06 bits per heavy atom. The average Bonchev–Trinajstić information content (AvgIpc) is 2.26. The van der Waals surface area contributed by atoms with Crippen molar-refractivity contribution in [3.05, 3.63) is 32.8 Å². The quantitative estimate of drug-likeness (QED) is 0.479. The van der Waals surface area contributed by atoms with Gasteiger partial charge in [-0.1, -0.05) is 11.6 Å². The molecule has 6 nitrogen and oxygen atoms in total. The van der Waals surface area contributed by atoms with Crippen LogP contribution in [-0.4, -0.2) is 24.1 Å². The van der Waals surface area contributed by atoms with Crippen molar-refractivity contribution >= 4 is 23.3 Å². The highest BCUT2D eigenvalue weighted by Crippen LogP contribution is 2.34. The van der Waals surface area contributed by atoms with Crippen molar-refractivity contribution in [2.75, 3.05) is 7.11 Å². The molecule has 0 N–H and O–H groups in total. The summed E-state index contributed by atoms with van der Waals surface area (Å²) < 4.78 is 9.86. The average molecular weight is 274 g/mol. The predicted molar refractivity (Wildman–Crippen MR) is 65.2 cm³/mol. The molecule has 1 aromatic rings. The Morgan fingerprint density at radius 1 is 1.44 bits per heavy atom. The molecule has 1 aromatic carbocycles. The van der Waals surface area contributed by atoms with Crippen LogP contribution in [0.5, 0.6) is 5.75 Å². The van der Waals surface area contributed by atoms with Crippen molar-refractivity contribution < 1.29 is 19.2 Å². The number of hydrogen-bond donors (Lipinski definition) is 0. The van der Waals surface area contributed by atoms with Crippen LogP contribution in [-0.2, 0) is 4.74 Å². The summed E-state index contributed by atoms with van der Waals surface area (Å²) in [6.45, 7) is 3.34. The largest absolute Gasteiger partial charge is 0.490 e. The first-order chi connectivity index (χ1) is 8.36. The van der Waals surface area contributed by atoms with Crippen LogP contribution in [0.2, 0.25) is 5.02 Å². The van der Waals surface area contributed by atoms with Crippen LogP contribution in [0.25, 0.3) is 0 Å². The topological polar surface area (TPSA) is 78.7 Å². The van der Waals surface area contributed by atoms with Gasteiger partial charge >= 0.3 is 11.7 Å². The number of nitro benzene ring substituents is 1. The van der Waals surface area contributed by atoms with Crippen molar-refractivity contribution in [1.29, 1.82) is 0 Å². The summed E-state index contributed by atoms with van der Waals surface area (Å²) in [5.74, 6) is -0.873. The standard InChI is InChI=1S/C11H12ClNO5/c1-6(2)18-11(14)8-4-7(12)5-9(13(15)16)10(8)17-3/h4-6H,1-3H3. The van der Waals surface area contributed by atoms with E-state index in [1.807, 2.05) is 0 Å². The Hall–Kier alpha value is -1.82. The third-order valence-corrected chi connectivity index (χ3v) is 2.22. The molecule has 18 heavy (non-hydrogen) atoms. The van der Waals surface area contributed by atoms with E-state index in [9.17, 15) is 14.9 Å². The Balaban J connectivity index is 3.34. The van der Waals surface area contributed by atoms with Gasteiger partial charge in [-0.15, -0.1) is 0 Å². The van der Waals surface area contributed by atoms with E-state index in [1.54, 1.807) is 13.8 Å². The molecule has 0 unspecified atom stereocenters. The van der Waals surface area contributed by atoms with Gasteiger partial charge in [0.15, 0.2) is 0 Å². The normalized spacial score (nSPS) is 10.3. The lowest BCUT2D eigenvalue weighted by Gasteiger charge is -2.11. The number of methoxy groups -OCH3 is 1. The van der Waals surface area contributed by atoms with Crippen LogP contribution in [0, 0.1) is 10.1 Å². The number of ether oxygens (including phenoxy) is 2. The van der Waals surface area contributed by atoms with E-state index < -0.39 is 10.9 Å². The maximum atomic E-state index is 11.8. The number of benzene rings is 1. The smallest absolute Gasteiger partial charge is 0.342 e. The van der Waals surface area contributed by atoms with Crippen LogP contribution in [0.3, 0.4) is 0 Å². The molecule has 0 saturated carbocycles. The predicted octanol–water partition coefficient (Wildman–Crippen LogP) is 2.82. The first kappa shape index (κ1) is 14.2. The summed E-state index contributed by atoms with van der Waals surface area (Å²) in [6, 6.07) is 2.39. The molecule has 0 atom stereocenters. The van der Waals surface area contributed by atoms with Gasteiger partial charge in [-0.25, -0.2) is 4.79 Å². The van der Waals surface area contributed by atoms with Crippen molar-refractivity contribution in [2.45, 2.75) is 20.0 Å². The van der Waals surface area contributed by atoms with E-state index in [0.717, 1.165) is 6.07 Å². The lowest BCUT2D eigenvalue weighted by molar-refractivity contribution is -0.385. The molecule has 0 aromatic heterocycles. The van der Waals surface area contributed by atoms with E-state index in [4.69, 9.17) is 21.1 Å². The molecule has 0 aliphatic carbocycles. The van der Waals surface area contributed by atoms with Gasteiger partial charge in [0.1, 0.15) is 5.56 Å². The first-order valence-electron chi connectivity index (χ1n) is 5.09. The van der Waals surface area contributed by atoms with Gasteiger partial charge in [-0.3, -0.25) is 10.1 Å². The van der Waals surface area contributed by atoms with E-state index >= 15 is 0 Å². The summed E-state index contributed by atoms with van der Waals surface area (Å²) in [4.78, 5) is 22.0. The van der Waals surface area contributed by atoms with Crippen LogP contribution in [0.4, 0.5) is 5.69 Å². The third kappa shape index (κ3) is 3.10. The molecule has 0 bridgehead atoms. The van der Waals surface area contributed by atoms with Crippen LogP contribution in [0.15, 0.2) is 12.1 Å². The number of rotatable bonds is 4. The summed E-state index contributed by atoms with van der Waals surface area (Å²) in [5, 5.41) is 10.9. The summed E-state index contributed by atoms with van der Waals surface area (Å²) in [5.41, 5.74) is -0.439. The zero-order chi connectivity index (χ0) is 13.9. The summed E-state index contributed by atoms with van der Waals surface area (Å²) >= 11 is 5.74. The molecule has 0 amide bonds. The number of nitrogens with zero attached hydrogens (tertiary/aromatic N) is 1. The Morgan fingerprint density at radius 3 is 2.50 bits per heavy atom. The molecule has 0 radical (unpaired) electrons. The molecule has 0 fully saturated rings. The first-order valence-corrected chi connectivity index (χ1v) is 5.47. The van der Waals surface area contributed by atoms with Gasteiger partial charge < -0.3 is 9.47 Å². The van der Waals surface area contributed by atoms with Gasteiger partial charge in [0.2, 0.25) is 5.75 Å². The van der Waals surface area contributed by atoms with Crippen molar-refractivity contribution in [2.24, 2.45) is 0 Å². The van der Waals surface area contributed by atoms with Gasteiger partial charge in [0.05, 0.1) is 18.1 Å². The van der Waals surface area contributed by atoms with Crippen LogP contribution in [0.1, 0.15) is 24.2 Å². The van der Waals surface area contributed by atoms with Gasteiger partial charge in [-0.2, -0.15) is 0 Å². The number of halogens is 1. The van der Waals surface area contributed by atoms with Crippen molar-refractivity contribution in [3.63, 3.8) is 0 Å². The highest BCUT2D eigenvalue weighted by atomic mass is 35.5. The molecule has 0 heterocycles. The number of esters is 1. The SMILES string of the molecule is COc1c(C(=O)OC(C)C)cc(Cl)cc1[N+](=O)[O-]. The molecule has 0 spiro atoms. The van der Waals surface area contributed by atoms with Crippen LogP contribution < -0.4 is 4.74 Å².